The van der Waals surface area contributed by atoms with Crippen LogP contribution in [0.3, 0.4) is 0 Å². The minimum absolute atomic E-state index is 0.00519. The Kier molecular flexibility index (Phi) is 3.06. The third kappa shape index (κ3) is 2.20. The predicted molar refractivity (Wildman–Crippen MR) is 75.4 cm³/mol. The largest absolute Gasteiger partial charge is 0.294 e. The normalized spacial score (nSPS) is 12.7. The summed E-state index contributed by atoms with van der Waals surface area (Å²) in [6.45, 7) is 1.99. The monoisotopic (exact) mass is 269 g/mol. The number of nitrogens with zero attached hydrogens (tertiary/aromatic N) is 5. The van der Waals surface area contributed by atoms with Crippen LogP contribution in [0, 0.1) is 0 Å². The lowest BCUT2D eigenvalue weighted by Gasteiger charge is -2.14. The highest BCUT2D eigenvalue weighted by Crippen LogP contribution is 2.12. The summed E-state index contributed by atoms with van der Waals surface area (Å²) in [7, 11) is 1.78. The van der Waals surface area contributed by atoms with Crippen molar-refractivity contribution in [1.82, 2.24) is 24.3 Å². The first kappa shape index (κ1) is 12.5. The number of pyridine rings is 1. The van der Waals surface area contributed by atoms with Crippen LogP contribution in [0.4, 0.5) is 0 Å². The quantitative estimate of drug-likeness (QED) is 0.719. The van der Waals surface area contributed by atoms with Crippen LogP contribution in [0.15, 0.2) is 41.8 Å². The van der Waals surface area contributed by atoms with Gasteiger partial charge in [-0.1, -0.05) is 6.07 Å². The molecular formula is C14H15N5O. The number of aromatic nitrogens is 5. The van der Waals surface area contributed by atoms with Crippen molar-refractivity contribution in [1.29, 1.82) is 0 Å². The summed E-state index contributed by atoms with van der Waals surface area (Å²) in [4.78, 5) is 20.8. The second-order valence-electron chi connectivity index (χ2n) is 4.91. The van der Waals surface area contributed by atoms with E-state index in [0.29, 0.717) is 11.0 Å². The van der Waals surface area contributed by atoms with Gasteiger partial charge >= 0.3 is 0 Å². The molecule has 6 heteroatoms. The Morgan fingerprint density at radius 2 is 2.25 bits per heavy atom. The van der Waals surface area contributed by atoms with E-state index in [0.717, 1.165) is 12.0 Å². The Balaban J connectivity index is 1.97. The van der Waals surface area contributed by atoms with Gasteiger partial charge in [-0.25, -0.2) is 4.98 Å². The predicted octanol–water partition coefficient (Wildman–Crippen LogP) is 1.33. The maximum absolute atomic E-state index is 12.4. The summed E-state index contributed by atoms with van der Waals surface area (Å²) in [6.07, 6.45) is 7.62. The van der Waals surface area contributed by atoms with Gasteiger partial charge in [0.25, 0.3) is 5.56 Å². The molecule has 0 aliphatic carbocycles. The molecule has 0 radical (unpaired) electrons. The standard InChI is InChI=1S/C14H15N5O/c1-10(6-11-4-3-5-15-7-11)19-9-16-12-8-18(2)17-13(12)14(19)20/h3-5,7-10H,6H2,1-2H3/t10-/m0/s1. The smallest absolute Gasteiger partial charge is 0.281 e. The van der Waals surface area contributed by atoms with Crippen LogP contribution in [0.25, 0.3) is 11.0 Å². The molecular weight excluding hydrogens is 254 g/mol. The molecule has 0 spiro atoms. The van der Waals surface area contributed by atoms with Gasteiger partial charge < -0.3 is 0 Å². The molecule has 3 aromatic rings. The van der Waals surface area contributed by atoms with Crippen LogP contribution >= 0.6 is 0 Å². The molecule has 0 N–H and O–H groups in total. The second-order valence-corrected chi connectivity index (χ2v) is 4.91. The molecule has 0 fully saturated rings. The highest BCUT2D eigenvalue weighted by molar-refractivity contribution is 5.71. The Bertz CT molecular complexity index is 790. The summed E-state index contributed by atoms with van der Waals surface area (Å²) in [5.74, 6) is 0. The summed E-state index contributed by atoms with van der Waals surface area (Å²) < 4.78 is 3.23. The van der Waals surface area contributed by atoms with Crippen molar-refractivity contribution in [3.8, 4) is 0 Å². The van der Waals surface area contributed by atoms with Crippen molar-refractivity contribution in [2.45, 2.75) is 19.4 Å². The van der Waals surface area contributed by atoms with Crippen LogP contribution in [0.1, 0.15) is 18.5 Å². The number of hydrogen-bond donors (Lipinski definition) is 0. The van der Waals surface area contributed by atoms with Crippen LogP contribution < -0.4 is 5.56 Å². The number of rotatable bonds is 3. The van der Waals surface area contributed by atoms with Gasteiger partial charge in [0.2, 0.25) is 0 Å². The lowest BCUT2D eigenvalue weighted by Crippen LogP contribution is -2.25. The van der Waals surface area contributed by atoms with Gasteiger partial charge in [-0.15, -0.1) is 0 Å². The van der Waals surface area contributed by atoms with Crippen LogP contribution in [-0.2, 0) is 13.5 Å². The number of hydrogen-bond acceptors (Lipinski definition) is 4. The fourth-order valence-electron chi connectivity index (χ4n) is 2.29. The Morgan fingerprint density at radius 1 is 1.40 bits per heavy atom. The third-order valence-electron chi connectivity index (χ3n) is 3.30. The van der Waals surface area contributed by atoms with Gasteiger partial charge in [-0.05, 0) is 25.0 Å². The molecule has 0 unspecified atom stereocenters. The molecule has 20 heavy (non-hydrogen) atoms. The maximum Gasteiger partial charge on any atom is 0.281 e. The van der Waals surface area contributed by atoms with Gasteiger partial charge in [-0.3, -0.25) is 19.0 Å². The van der Waals surface area contributed by atoms with Gasteiger partial charge in [0.05, 0.1) is 12.5 Å². The SMILES string of the molecule is C[C@@H](Cc1cccnc1)n1cnc2cn(C)nc2c1=O. The fraction of sp³-hybridized carbons (Fsp3) is 0.286. The lowest BCUT2D eigenvalue weighted by molar-refractivity contribution is 0.522. The van der Waals surface area contributed by atoms with Crippen molar-refractivity contribution in [2.75, 3.05) is 0 Å². The van der Waals surface area contributed by atoms with E-state index in [2.05, 4.69) is 15.1 Å². The first-order valence-corrected chi connectivity index (χ1v) is 6.44. The zero-order chi connectivity index (χ0) is 14.1. The van der Waals surface area contributed by atoms with E-state index in [1.54, 1.807) is 35.0 Å². The average Bonchev–Trinajstić information content (AvgIpc) is 2.82. The van der Waals surface area contributed by atoms with Crippen LogP contribution in [0.5, 0.6) is 0 Å². The minimum atomic E-state index is -0.105. The van der Waals surface area contributed by atoms with Gasteiger partial charge in [0, 0.05) is 25.5 Å². The molecule has 102 valence electrons. The molecule has 3 aromatic heterocycles. The topological polar surface area (TPSA) is 65.6 Å². The van der Waals surface area contributed by atoms with Crippen molar-refractivity contribution >= 4 is 11.0 Å². The molecule has 0 bridgehead atoms. The summed E-state index contributed by atoms with van der Waals surface area (Å²) >= 11 is 0. The van der Waals surface area contributed by atoms with Crippen LogP contribution in [-0.4, -0.2) is 24.3 Å². The maximum atomic E-state index is 12.4. The van der Waals surface area contributed by atoms with E-state index in [4.69, 9.17) is 0 Å². The van der Waals surface area contributed by atoms with Gasteiger partial charge in [-0.2, -0.15) is 5.10 Å². The van der Waals surface area contributed by atoms with E-state index in [-0.39, 0.29) is 11.6 Å². The zero-order valence-corrected chi connectivity index (χ0v) is 11.4. The van der Waals surface area contributed by atoms with Crippen molar-refractivity contribution < 1.29 is 0 Å². The molecule has 0 aromatic carbocycles. The number of aryl methyl sites for hydroxylation is 1. The van der Waals surface area contributed by atoms with E-state index in [9.17, 15) is 4.79 Å². The third-order valence-corrected chi connectivity index (χ3v) is 3.30. The Hall–Kier alpha value is -2.50. The van der Waals surface area contributed by atoms with Crippen molar-refractivity contribution in [2.24, 2.45) is 7.05 Å². The molecule has 6 nitrogen and oxygen atoms in total. The van der Waals surface area contributed by atoms with Gasteiger partial charge in [0.1, 0.15) is 5.52 Å². The molecule has 0 saturated heterocycles. The molecule has 0 amide bonds. The van der Waals surface area contributed by atoms with E-state index >= 15 is 0 Å². The zero-order valence-electron chi connectivity index (χ0n) is 11.4. The second kappa shape index (κ2) is 4.88. The van der Waals surface area contributed by atoms with Crippen molar-refractivity contribution in [3.63, 3.8) is 0 Å². The van der Waals surface area contributed by atoms with Gasteiger partial charge in [0.15, 0.2) is 5.52 Å². The summed E-state index contributed by atoms with van der Waals surface area (Å²) in [5.41, 5.74) is 2.02. The molecule has 3 heterocycles. The molecule has 3 rings (SSSR count). The van der Waals surface area contributed by atoms with E-state index in [1.807, 2.05) is 25.3 Å². The fourth-order valence-corrected chi connectivity index (χ4v) is 2.29. The van der Waals surface area contributed by atoms with E-state index < -0.39 is 0 Å². The van der Waals surface area contributed by atoms with E-state index in [1.165, 1.54) is 0 Å². The molecule has 0 aliphatic heterocycles. The lowest BCUT2D eigenvalue weighted by atomic mass is 10.1. The van der Waals surface area contributed by atoms with Crippen molar-refractivity contribution in [3.05, 3.63) is 53.0 Å². The minimum Gasteiger partial charge on any atom is -0.294 e. The highest BCUT2D eigenvalue weighted by Gasteiger charge is 2.13. The Morgan fingerprint density at radius 3 is 3.00 bits per heavy atom. The Labute approximate surface area is 115 Å². The molecule has 1 atom stereocenters. The highest BCUT2D eigenvalue weighted by atomic mass is 16.1. The summed E-state index contributed by atoms with van der Waals surface area (Å²) in [5, 5.41) is 4.17. The average molecular weight is 269 g/mol. The molecule has 0 saturated carbocycles. The molecule has 0 aliphatic rings. The first-order chi connectivity index (χ1) is 9.65. The summed E-state index contributed by atoms with van der Waals surface area (Å²) in [6, 6.07) is 3.90. The first-order valence-electron chi connectivity index (χ1n) is 6.44. The van der Waals surface area contributed by atoms with Crippen LogP contribution in [0.2, 0.25) is 0 Å². The number of fused-ring (bicyclic) bond motifs is 1.